The van der Waals surface area contributed by atoms with Gasteiger partial charge in [0.05, 0.1) is 11.4 Å². The van der Waals surface area contributed by atoms with Gasteiger partial charge in [-0.3, -0.25) is 9.59 Å². The van der Waals surface area contributed by atoms with Gasteiger partial charge in [0.1, 0.15) is 17.9 Å². The van der Waals surface area contributed by atoms with Crippen molar-refractivity contribution in [1.29, 1.82) is 0 Å². The average molecular weight is 375 g/mol. The molecule has 0 unspecified atom stereocenters. The van der Waals surface area contributed by atoms with Crippen LogP contribution in [-0.4, -0.2) is 41.5 Å². The number of hydrogen-bond acceptors (Lipinski definition) is 4. The van der Waals surface area contributed by atoms with Crippen LogP contribution in [0.5, 0.6) is 0 Å². The van der Waals surface area contributed by atoms with Crippen LogP contribution >= 0.6 is 0 Å². The van der Waals surface area contributed by atoms with Gasteiger partial charge in [-0.25, -0.2) is 0 Å². The molecule has 6 heteroatoms. The summed E-state index contributed by atoms with van der Waals surface area (Å²) in [5, 5.41) is 3.84. The largest absolute Gasteiger partial charge is 0.361 e. The molecule has 0 saturated carbocycles. The zero-order valence-electron chi connectivity index (χ0n) is 15.9. The van der Waals surface area contributed by atoms with E-state index in [0.29, 0.717) is 30.1 Å². The number of rotatable bonds is 3. The molecule has 0 atom stereocenters. The molecule has 1 aromatic heterocycles. The summed E-state index contributed by atoms with van der Waals surface area (Å²) in [6.45, 7) is 4.38. The van der Waals surface area contributed by atoms with Crippen LogP contribution in [0.2, 0.25) is 0 Å². The Hall–Kier alpha value is -3.41. The van der Waals surface area contributed by atoms with Gasteiger partial charge in [-0.2, -0.15) is 0 Å². The normalized spacial score (nSPS) is 14.4. The van der Waals surface area contributed by atoms with E-state index >= 15 is 0 Å². The maximum absolute atomic E-state index is 12.9. The Morgan fingerprint density at radius 1 is 1.00 bits per heavy atom. The molecule has 1 fully saturated rings. The summed E-state index contributed by atoms with van der Waals surface area (Å²) in [6.07, 6.45) is 0. The second-order valence-electron chi connectivity index (χ2n) is 6.85. The predicted octanol–water partition coefficient (Wildman–Crippen LogP) is 3.45. The number of carbonyl (C=O) groups excluding carboxylic acids is 2. The second kappa shape index (κ2) is 7.31. The number of anilines is 1. The van der Waals surface area contributed by atoms with E-state index in [1.54, 1.807) is 23.6 Å². The van der Waals surface area contributed by atoms with Crippen LogP contribution < -0.4 is 4.90 Å². The Morgan fingerprint density at radius 3 is 2.39 bits per heavy atom. The van der Waals surface area contributed by atoms with Crippen LogP contribution in [0.15, 0.2) is 59.1 Å². The Balaban J connectivity index is 1.58. The Labute approximate surface area is 163 Å². The molecule has 2 amide bonds. The maximum atomic E-state index is 12.9. The molecule has 0 N–H and O–H groups in total. The molecule has 1 aliphatic heterocycles. The van der Waals surface area contributed by atoms with Crippen LogP contribution in [0, 0.1) is 13.8 Å². The van der Waals surface area contributed by atoms with Gasteiger partial charge in [-0.1, -0.05) is 53.7 Å². The molecule has 3 aromatic rings. The fourth-order valence-corrected chi connectivity index (χ4v) is 3.62. The molecule has 0 aliphatic carbocycles. The highest BCUT2D eigenvalue weighted by Crippen LogP contribution is 2.31. The predicted molar refractivity (Wildman–Crippen MR) is 106 cm³/mol. The zero-order chi connectivity index (χ0) is 19.7. The molecule has 0 spiro atoms. The summed E-state index contributed by atoms with van der Waals surface area (Å²) in [5.41, 5.74) is 3.92. The fraction of sp³-hybridized carbons (Fsp3) is 0.227. The number of aromatic nitrogens is 1. The van der Waals surface area contributed by atoms with E-state index in [1.807, 2.05) is 54.6 Å². The summed E-state index contributed by atoms with van der Waals surface area (Å²) in [5.74, 6) is 0.169. The lowest BCUT2D eigenvalue weighted by Gasteiger charge is -2.35. The zero-order valence-corrected chi connectivity index (χ0v) is 15.9. The van der Waals surface area contributed by atoms with Gasteiger partial charge < -0.3 is 14.3 Å². The van der Waals surface area contributed by atoms with Gasteiger partial charge in [-0.05, 0) is 25.5 Å². The minimum Gasteiger partial charge on any atom is -0.361 e. The van der Waals surface area contributed by atoms with E-state index in [2.05, 4.69) is 5.16 Å². The molecule has 0 radical (unpaired) electrons. The smallest absolute Gasteiger partial charge is 0.259 e. The van der Waals surface area contributed by atoms with E-state index in [4.69, 9.17) is 4.52 Å². The van der Waals surface area contributed by atoms with E-state index in [9.17, 15) is 9.59 Å². The van der Waals surface area contributed by atoms with Crippen molar-refractivity contribution in [2.45, 2.75) is 13.8 Å². The van der Waals surface area contributed by atoms with Gasteiger partial charge in [0.2, 0.25) is 5.91 Å². The lowest BCUT2D eigenvalue weighted by Crippen LogP contribution is -2.52. The van der Waals surface area contributed by atoms with Crippen LogP contribution in [0.3, 0.4) is 0 Å². The third kappa shape index (κ3) is 3.17. The van der Waals surface area contributed by atoms with Crippen molar-refractivity contribution in [3.63, 3.8) is 0 Å². The molecular weight excluding hydrogens is 354 g/mol. The van der Waals surface area contributed by atoms with Crippen LogP contribution in [0.25, 0.3) is 11.1 Å². The third-order valence-electron chi connectivity index (χ3n) is 5.03. The molecule has 2 heterocycles. The summed E-state index contributed by atoms with van der Waals surface area (Å²) < 4.78 is 5.10. The van der Waals surface area contributed by atoms with E-state index in [-0.39, 0.29) is 18.4 Å². The first-order chi connectivity index (χ1) is 13.6. The average Bonchev–Trinajstić information content (AvgIpc) is 3.06. The number of amides is 2. The Morgan fingerprint density at radius 2 is 1.71 bits per heavy atom. The number of piperazine rings is 1. The lowest BCUT2D eigenvalue weighted by molar-refractivity contribution is -0.120. The molecule has 142 valence electrons. The van der Waals surface area contributed by atoms with Gasteiger partial charge in [0, 0.05) is 18.7 Å². The first-order valence-electron chi connectivity index (χ1n) is 9.23. The Kier molecular flexibility index (Phi) is 4.69. The molecule has 1 saturated heterocycles. The molecule has 4 rings (SSSR count). The molecular formula is C22H21N3O3. The van der Waals surface area contributed by atoms with Crippen molar-refractivity contribution in [3.05, 3.63) is 71.6 Å². The molecule has 2 aromatic carbocycles. The van der Waals surface area contributed by atoms with Crippen molar-refractivity contribution in [3.8, 4) is 11.1 Å². The molecule has 1 aliphatic rings. The van der Waals surface area contributed by atoms with Crippen molar-refractivity contribution in [1.82, 2.24) is 10.1 Å². The minimum atomic E-state index is -0.208. The molecule has 0 bridgehead atoms. The van der Waals surface area contributed by atoms with Crippen molar-refractivity contribution in [2.24, 2.45) is 0 Å². The van der Waals surface area contributed by atoms with Gasteiger partial charge in [0.15, 0.2) is 0 Å². The van der Waals surface area contributed by atoms with E-state index in [0.717, 1.165) is 16.8 Å². The second-order valence-corrected chi connectivity index (χ2v) is 6.85. The number of hydrogen-bond donors (Lipinski definition) is 0. The quantitative estimate of drug-likeness (QED) is 0.703. The first kappa shape index (κ1) is 18.0. The highest BCUT2D eigenvalue weighted by molar-refractivity contribution is 6.04. The van der Waals surface area contributed by atoms with Crippen molar-refractivity contribution < 1.29 is 14.1 Å². The number of aryl methyl sites for hydroxylation is 2. The first-order valence-corrected chi connectivity index (χ1v) is 9.23. The van der Waals surface area contributed by atoms with Gasteiger partial charge in [0.25, 0.3) is 5.91 Å². The van der Waals surface area contributed by atoms with Crippen LogP contribution in [0.1, 0.15) is 21.8 Å². The molecule has 28 heavy (non-hydrogen) atoms. The summed E-state index contributed by atoms with van der Waals surface area (Å²) in [4.78, 5) is 29.1. The number of nitrogens with zero attached hydrogens (tertiary/aromatic N) is 3. The Bertz CT molecular complexity index is 1010. The van der Waals surface area contributed by atoms with E-state index < -0.39 is 0 Å². The van der Waals surface area contributed by atoms with Crippen LogP contribution in [0.4, 0.5) is 5.69 Å². The number of para-hydroxylation sites is 1. The molecule has 6 nitrogen and oxygen atoms in total. The van der Waals surface area contributed by atoms with Gasteiger partial charge >= 0.3 is 0 Å². The third-order valence-corrected chi connectivity index (χ3v) is 5.03. The summed E-state index contributed by atoms with van der Waals surface area (Å²) in [6, 6.07) is 17.8. The number of benzene rings is 2. The van der Waals surface area contributed by atoms with Crippen molar-refractivity contribution in [2.75, 3.05) is 24.5 Å². The van der Waals surface area contributed by atoms with E-state index in [1.165, 1.54) is 0 Å². The monoisotopic (exact) mass is 375 g/mol. The SMILES string of the molecule is Cc1noc(C)c1C(=O)N1CCN(c2ccccc2-c2ccccc2)C(=O)C1. The topological polar surface area (TPSA) is 66.7 Å². The van der Waals surface area contributed by atoms with Crippen LogP contribution in [-0.2, 0) is 4.79 Å². The number of carbonyl (C=O) groups is 2. The fourth-order valence-electron chi connectivity index (χ4n) is 3.62. The van der Waals surface area contributed by atoms with Crippen molar-refractivity contribution >= 4 is 17.5 Å². The highest BCUT2D eigenvalue weighted by Gasteiger charge is 2.32. The maximum Gasteiger partial charge on any atom is 0.259 e. The summed E-state index contributed by atoms with van der Waals surface area (Å²) >= 11 is 0. The minimum absolute atomic E-state index is 0.0337. The standard InChI is InChI=1S/C22H21N3O3/c1-15-21(16(2)28-23-15)22(27)24-12-13-25(20(26)14-24)19-11-7-6-10-18(19)17-8-4-3-5-9-17/h3-11H,12-14H2,1-2H3. The van der Waals surface area contributed by atoms with Gasteiger partial charge in [-0.15, -0.1) is 0 Å². The summed E-state index contributed by atoms with van der Waals surface area (Å²) in [7, 11) is 0. The highest BCUT2D eigenvalue weighted by atomic mass is 16.5. The lowest BCUT2D eigenvalue weighted by atomic mass is 10.0.